The second-order valence-corrected chi connectivity index (χ2v) is 6.12. The van der Waals surface area contributed by atoms with Gasteiger partial charge >= 0.3 is 0 Å². The van der Waals surface area contributed by atoms with Gasteiger partial charge in [0.2, 0.25) is 0 Å². The van der Waals surface area contributed by atoms with E-state index in [-0.39, 0.29) is 5.91 Å². The van der Waals surface area contributed by atoms with Crippen LogP contribution in [-0.4, -0.2) is 31.9 Å². The Labute approximate surface area is 161 Å². The van der Waals surface area contributed by atoms with Gasteiger partial charge in [0.25, 0.3) is 5.91 Å². The monoisotopic (exact) mass is 420 g/mol. The quantitative estimate of drug-likeness (QED) is 0.521. The van der Waals surface area contributed by atoms with E-state index in [1.807, 2.05) is 25.1 Å². The van der Waals surface area contributed by atoms with Crippen molar-refractivity contribution in [3.05, 3.63) is 52.5 Å². The molecule has 0 unspecified atom stereocenters. The molecule has 1 amide bonds. The predicted molar refractivity (Wildman–Crippen MR) is 104 cm³/mol. The minimum atomic E-state index is -0.706. The van der Waals surface area contributed by atoms with Crippen molar-refractivity contribution in [3.63, 3.8) is 0 Å². The number of rotatable bonds is 8. The SMILES string of the molecule is CCOc1ccc(OC)cc1C=NNC(=O)[C@H](C)Oc1ccccc1Br. The number of carbonyl (C=O) groups excluding carboxylic acids is 1. The highest BCUT2D eigenvalue weighted by Crippen LogP contribution is 2.25. The van der Waals surface area contributed by atoms with Gasteiger partial charge in [-0.3, -0.25) is 4.79 Å². The van der Waals surface area contributed by atoms with Crippen molar-refractivity contribution in [2.24, 2.45) is 5.10 Å². The molecule has 0 aliphatic rings. The maximum absolute atomic E-state index is 12.2. The van der Waals surface area contributed by atoms with Crippen LogP contribution in [0.15, 0.2) is 52.0 Å². The van der Waals surface area contributed by atoms with Gasteiger partial charge in [-0.25, -0.2) is 5.43 Å². The number of carbonyl (C=O) groups is 1. The summed E-state index contributed by atoms with van der Waals surface area (Å²) in [6.07, 6.45) is 0.804. The lowest BCUT2D eigenvalue weighted by Crippen LogP contribution is -2.33. The average Bonchev–Trinajstić information content (AvgIpc) is 2.64. The summed E-state index contributed by atoms with van der Waals surface area (Å²) in [6.45, 7) is 4.07. The molecule has 2 aromatic carbocycles. The Balaban J connectivity index is 2.01. The second-order valence-electron chi connectivity index (χ2n) is 5.26. The van der Waals surface area contributed by atoms with Gasteiger partial charge in [0.15, 0.2) is 6.10 Å². The Morgan fingerprint density at radius 3 is 2.73 bits per heavy atom. The molecule has 0 spiro atoms. The van der Waals surface area contributed by atoms with E-state index in [4.69, 9.17) is 14.2 Å². The maximum atomic E-state index is 12.2. The first kappa shape index (κ1) is 19.8. The van der Waals surface area contributed by atoms with Crippen LogP contribution in [0.1, 0.15) is 19.4 Å². The number of hydrogen-bond acceptors (Lipinski definition) is 5. The Morgan fingerprint density at radius 1 is 1.27 bits per heavy atom. The van der Waals surface area contributed by atoms with Gasteiger partial charge in [-0.2, -0.15) is 5.10 Å². The lowest BCUT2D eigenvalue weighted by Gasteiger charge is -2.14. The van der Waals surface area contributed by atoms with Crippen molar-refractivity contribution in [2.75, 3.05) is 13.7 Å². The van der Waals surface area contributed by atoms with Gasteiger partial charge in [0.1, 0.15) is 17.2 Å². The highest BCUT2D eigenvalue weighted by molar-refractivity contribution is 9.10. The number of nitrogens with zero attached hydrogens (tertiary/aromatic N) is 1. The molecule has 0 aliphatic carbocycles. The summed E-state index contributed by atoms with van der Waals surface area (Å²) in [7, 11) is 1.58. The summed E-state index contributed by atoms with van der Waals surface area (Å²) in [6, 6.07) is 12.7. The zero-order valence-electron chi connectivity index (χ0n) is 14.9. The maximum Gasteiger partial charge on any atom is 0.280 e. The molecule has 0 saturated carbocycles. The van der Waals surface area contributed by atoms with Gasteiger partial charge in [-0.15, -0.1) is 0 Å². The number of methoxy groups -OCH3 is 1. The highest BCUT2D eigenvalue weighted by atomic mass is 79.9. The molecular formula is C19H21BrN2O4. The zero-order valence-corrected chi connectivity index (χ0v) is 16.4. The molecule has 0 saturated heterocycles. The third-order valence-corrected chi connectivity index (χ3v) is 4.06. The van der Waals surface area contributed by atoms with Crippen LogP contribution in [-0.2, 0) is 4.79 Å². The smallest absolute Gasteiger partial charge is 0.280 e. The van der Waals surface area contributed by atoms with Crippen LogP contribution in [0, 0.1) is 0 Å². The van der Waals surface area contributed by atoms with Gasteiger partial charge in [0.05, 0.1) is 24.4 Å². The van der Waals surface area contributed by atoms with Gasteiger partial charge in [0, 0.05) is 5.56 Å². The molecule has 0 radical (unpaired) electrons. The second kappa shape index (κ2) is 9.82. The number of amides is 1. The minimum absolute atomic E-state index is 0.363. The molecule has 2 aromatic rings. The van der Waals surface area contributed by atoms with Gasteiger partial charge in [-0.05, 0) is 60.1 Å². The summed E-state index contributed by atoms with van der Waals surface area (Å²) in [5, 5.41) is 3.99. The third kappa shape index (κ3) is 5.49. The minimum Gasteiger partial charge on any atom is -0.497 e. The van der Waals surface area contributed by atoms with Crippen molar-refractivity contribution in [3.8, 4) is 17.2 Å². The number of halogens is 1. The molecule has 26 heavy (non-hydrogen) atoms. The van der Waals surface area contributed by atoms with E-state index < -0.39 is 6.10 Å². The third-order valence-electron chi connectivity index (χ3n) is 3.40. The van der Waals surface area contributed by atoms with Crippen molar-refractivity contribution < 1.29 is 19.0 Å². The van der Waals surface area contributed by atoms with Crippen LogP contribution in [0.25, 0.3) is 0 Å². The standard InChI is InChI=1S/C19H21BrN2O4/c1-4-25-17-10-9-15(24-3)11-14(17)12-21-22-19(23)13(2)26-18-8-6-5-7-16(18)20/h5-13H,4H2,1-3H3,(H,22,23)/t13-/m0/s1. The fourth-order valence-electron chi connectivity index (χ4n) is 2.08. The molecule has 0 aromatic heterocycles. The lowest BCUT2D eigenvalue weighted by molar-refractivity contribution is -0.127. The molecule has 1 atom stereocenters. The molecule has 0 fully saturated rings. The summed E-state index contributed by atoms with van der Waals surface area (Å²) < 4.78 is 17.2. The Hall–Kier alpha value is -2.54. The molecule has 0 aliphatic heterocycles. The number of benzene rings is 2. The number of nitrogens with one attached hydrogen (secondary N) is 1. The summed E-state index contributed by atoms with van der Waals surface area (Å²) in [4.78, 5) is 12.2. The van der Waals surface area contributed by atoms with Crippen LogP contribution in [0.4, 0.5) is 0 Å². The van der Waals surface area contributed by atoms with Gasteiger partial charge in [-0.1, -0.05) is 12.1 Å². The first-order valence-electron chi connectivity index (χ1n) is 8.10. The van der Waals surface area contributed by atoms with E-state index >= 15 is 0 Å². The first-order valence-corrected chi connectivity index (χ1v) is 8.89. The lowest BCUT2D eigenvalue weighted by atomic mass is 10.2. The Kier molecular flexibility index (Phi) is 7.47. The Bertz CT molecular complexity index is 780. The van der Waals surface area contributed by atoms with Crippen LogP contribution in [0.2, 0.25) is 0 Å². The molecule has 0 bridgehead atoms. The van der Waals surface area contributed by atoms with Crippen LogP contribution in [0.3, 0.4) is 0 Å². The summed E-state index contributed by atoms with van der Waals surface area (Å²) in [5.41, 5.74) is 3.17. The zero-order chi connectivity index (χ0) is 18.9. The van der Waals surface area contributed by atoms with E-state index in [9.17, 15) is 4.79 Å². The van der Waals surface area contributed by atoms with Crippen molar-refractivity contribution in [1.82, 2.24) is 5.43 Å². The molecular weight excluding hydrogens is 400 g/mol. The fourth-order valence-corrected chi connectivity index (χ4v) is 2.46. The van der Waals surface area contributed by atoms with Gasteiger partial charge < -0.3 is 14.2 Å². The largest absolute Gasteiger partial charge is 0.497 e. The van der Waals surface area contributed by atoms with Crippen LogP contribution >= 0.6 is 15.9 Å². The van der Waals surface area contributed by atoms with Crippen molar-refractivity contribution >= 4 is 28.1 Å². The highest BCUT2D eigenvalue weighted by Gasteiger charge is 2.15. The average molecular weight is 421 g/mol. The molecule has 0 heterocycles. The Morgan fingerprint density at radius 2 is 2.04 bits per heavy atom. The normalized spacial score (nSPS) is 11.8. The molecule has 138 valence electrons. The molecule has 2 rings (SSSR count). The summed E-state index contributed by atoms with van der Waals surface area (Å²) >= 11 is 3.38. The van der Waals surface area contributed by atoms with E-state index in [0.717, 1.165) is 4.47 Å². The van der Waals surface area contributed by atoms with E-state index in [1.54, 1.807) is 38.3 Å². The van der Waals surface area contributed by atoms with E-state index in [1.165, 1.54) is 6.21 Å². The fraction of sp³-hybridized carbons (Fsp3) is 0.263. The van der Waals surface area contributed by atoms with Crippen LogP contribution in [0.5, 0.6) is 17.2 Å². The van der Waals surface area contributed by atoms with E-state index in [2.05, 4.69) is 26.5 Å². The van der Waals surface area contributed by atoms with Crippen LogP contribution < -0.4 is 19.6 Å². The summed E-state index contributed by atoms with van der Waals surface area (Å²) in [5.74, 6) is 1.55. The topological polar surface area (TPSA) is 69.2 Å². The predicted octanol–water partition coefficient (Wildman–Crippen LogP) is 3.77. The molecule has 6 nitrogen and oxygen atoms in total. The van der Waals surface area contributed by atoms with Crippen molar-refractivity contribution in [1.29, 1.82) is 0 Å². The number of hydrogen-bond donors (Lipinski definition) is 1. The number of hydrazone groups is 1. The number of ether oxygens (including phenoxy) is 3. The molecule has 1 N–H and O–H groups in total. The first-order chi connectivity index (χ1) is 12.5. The number of para-hydroxylation sites is 1. The molecule has 7 heteroatoms. The van der Waals surface area contributed by atoms with Crippen molar-refractivity contribution in [2.45, 2.75) is 20.0 Å². The van der Waals surface area contributed by atoms with E-state index in [0.29, 0.717) is 29.4 Å².